The molecule has 3 aromatic rings. The molecule has 0 spiro atoms. The van der Waals surface area contributed by atoms with E-state index in [0.29, 0.717) is 21.6 Å². The summed E-state index contributed by atoms with van der Waals surface area (Å²) in [5.74, 6) is -1.66. The summed E-state index contributed by atoms with van der Waals surface area (Å²) < 4.78 is 28.3. The highest BCUT2D eigenvalue weighted by Crippen LogP contribution is 2.34. The summed E-state index contributed by atoms with van der Waals surface area (Å²) in [5, 5.41) is 13.9. The molecule has 0 fully saturated rings. The van der Waals surface area contributed by atoms with Crippen LogP contribution < -0.4 is 5.32 Å². The number of aliphatic hydroxyl groups excluding tert-OH is 1. The minimum atomic E-state index is -1.48. The Balaban J connectivity index is 2.18. The lowest BCUT2D eigenvalue weighted by atomic mass is 10.00. The summed E-state index contributed by atoms with van der Waals surface area (Å²) in [7, 11) is 1.52. The second kappa shape index (κ2) is 5.55. The van der Waals surface area contributed by atoms with E-state index in [1.807, 2.05) is 0 Å². The topological polar surface area (TPSA) is 60.9 Å². The summed E-state index contributed by atoms with van der Waals surface area (Å²) in [6, 6.07) is 3.96. The van der Waals surface area contributed by atoms with Crippen molar-refractivity contribution in [2.45, 2.75) is 6.10 Å². The second-order valence-electron chi connectivity index (χ2n) is 4.77. The first-order chi connectivity index (χ1) is 10.5. The Labute approximate surface area is 129 Å². The molecule has 0 saturated heterocycles. The van der Waals surface area contributed by atoms with Gasteiger partial charge in [-0.1, -0.05) is 11.6 Å². The van der Waals surface area contributed by atoms with Gasteiger partial charge in [-0.25, -0.2) is 13.8 Å². The molecular formula is C15H12ClF2N3O. The predicted octanol–water partition coefficient (Wildman–Crippen LogP) is 3.62. The number of aromatic nitrogens is 2. The van der Waals surface area contributed by atoms with Gasteiger partial charge in [-0.05, 0) is 18.2 Å². The molecule has 3 rings (SSSR count). The summed E-state index contributed by atoms with van der Waals surface area (Å²) in [5.41, 5.74) is 0.458. The number of rotatable bonds is 3. The third-order valence-electron chi connectivity index (χ3n) is 3.49. The zero-order chi connectivity index (χ0) is 15.9. The molecule has 3 N–H and O–H groups in total. The van der Waals surface area contributed by atoms with Crippen LogP contribution in [0.15, 0.2) is 30.6 Å². The maximum Gasteiger partial charge on any atom is 0.155 e. The largest absolute Gasteiger partial charge is 0.386 e. The number of hydrogen-bond donors (Lipinski definition) is 3. The van der Waals surface area contributed by atoms with E-state index in [1.54, 1.807) is 6.07 Å². The monoisotopic (exact) mass is 323 g/mol. The van der Waals surface area contributed by atoms with Crippen LogP contribution in [0, 0.1) is 11.6 Å². The van der Waals surface area contributed by atoms with E-state index >= 15 is 0 Å². The maximum absolute atomic E-state index is 14.3. The van der Waals surface area contributed by atoms with E-state index < -0.39 is 23.3 Å². The highest BCUT2D eigenvalue weighted by atomic mass is 35.5. The lowest BCUT2D eigenvalue weighted by Crippen LogP contribution is -2.08. The first kappa shape index (κ1) is 14.7. The minimum Gasteiger partial charge on any atom is -0.386 e. The summed E-state index contributed by atoms with van der Waals surface area (Å²) in [6.07, 6.45) is 1.42. The van der Waals surface area contributed by atoms with Crippen molar-refractivity contribution < 1.29 is 13.9 Å². The molecule has 0 amide bonds. The fourth-order valence-electron chi connectivity index (χ4n) is 2.39. The SMILES string of the molecule is CNc1ccc(F)c(C(O)c2c[nH]c3ncc(Cl)cc23)c1F. The average Bonchev–Trinajstić information content (AvgIpc) is 2.90. The number of aromatic amines is 1. The summed E-state index contributed by atoms with van der Waals surface area (Å²) in [6.45, 7) is 0. The normalized spacial score (nSPS) is 12.6. The van der Waals surface area contributed by atoms with Crippen molar-refractivity contribution in [1.29, 1.82) is 0 Å². The van der Waals surface area contributed by atoms with Crippen molar-refractivity contribution in [3.63, 3.8) is 0 Å². The van der Waals surface area contributed by atoms with Crippen LogP contribution in [-0.4, -0.2) is 22.1 Å². The Bertz CT molecular complexity index is 850. The molecule has 1 atom stereocenters. The molecular weight excluding hydrogens is 312 g/mol. The van der Waals surface area contributed by atoms with Crippen molar-refractivity contribution in [1.82, 2.24) is 9.97 Å². The molecule has 0 saturated carbocycles. The van der Waals surface area contributed by atoms with Crippen molar-refractivity contribution in [2.75, 3.05) is 12.4 Å². The lowest BCUT2D eigenvalue weighted by Gasteiger charge is -2.15. The first-order valence-corrected chi connectivity index (χ1v) is 6.87. The maximum atomic E-state index is 14.3. The van der Waals surface area contributed by atoms with E-state index in [1.165, 1.54) is 25.5 Å². The van der Waals surface area contributed by atoms with E-state index in [4.69, 9.17) is 11.6 Å². The van der Waals surface area contributed by atoms with Gasteiger partial charge in [0.25, 0.3) is 0 Å². The lowest BCUT2D eigenvalue weighted by molar-refractivity contribution is 0.211. The van der Waals surface area contributed by atoms with Crippen LogP contribution >= 0.6 is 11.6 Å². The fraction of sp³-hybridized carbons (Fsp3) is 0.133. The Morgan fingerprint density at radius 2 is 2.14 bits per heavy atom. The molecule has 4 nitrogen and oxygen atoms in total. The van der Waals surface area contributed by atoms with Crippen LogP contribution in [0.1, 0.15) is 17.2 Å². The third-order valence-corrected chi connectivity index (χ3v) is 3.70. The molecule has 0 radical (unpaired) electrons. The summed E-state index contributed by atoms with van der Waals surface area (Å²) >= 11 is 5.89. The number of aliphatic hydroxyl groups is 1. The number of nitrogens with zero attached hydrogens (tertiary/aromatic N) is 1. The molecule has 2 aromatic heterocycles. The number of hydrogen-bond acceptors (Lipinski definition) is 3. The van der Waals surface area contributed by atoms with E-state index in [-0.39, 0.29) is 5.69 Å². The first-order valence-electron chi connectivity index (χ1n) is 6.49. The van der Waals surface area contributed by atoms with Gasteiger partial charge in [0.05, 0.1) is 16.3 Å². The molecule has 1 unspecified atom stereocenters. The van der Waals surface area contributed by atoms with Crippen LogP contribution in [0.3, 0.4) is 0 Å². The zero-order valence-corrected chi connectivity index (χ0v) is 12.2. The van der Waals surface area contributed by atoms with Gasteiger partial charge in [0.15, 0.2) is 5.82 Å². The summed E-state index contributed by atoms with van der Waals surface area (Å²) in [4.78, 5) is 6.90. The van der Waals surface area contributed by atoms with Crippen molar-refractivity contribution >= 4 is 28.3 Å². The molecule has 1 aromatic carbocycles. The Morgan fingerprint density at radius 3 is 2.86 bits per heavy atom. The van der Waals surface area contributed by atoms with Gasteiger partial charge >= 0.3 is 0 Å². The fourth-order valence-corrected chi connectivity index (χ4v) is 2.55. The number of nitrogens with one attached hydrogen (secondary N) is 2. The van der Waals surface area contributed by atoms with Crippen LogP contribution in [0.5, 0.6) is 0 Å². The quantitative estimate of drug-likeness (QED) is 0.690. The molecule has 114 valence electrons. The predicted molar refractivity (Wildman–Crippen MR) is 81.1 cm³/mol. The van der Waals surface area contributed by atoms with Crippen LogP contribution in [0.2, 0.25) is 5.02 Å². The Kier molecular flexibility index (Phi) is 3.72. The number of fused-ring (bicyclic) bond motifs is 1. The number of H-pyrrole nitrogens is 1. The number of anilines is 1. The number of benzene rings is 1. The van der Waals surface area contributed by atoms with Gasteiger partial charge in [-0.15, -0.1) is 0 Å². The van der Waals surface area contributed by atoms with Crippen LogP contribution in [0.25, 0.3) is 11.0 Å². The van der Waals surface area contributed by atoms with Gasteiger partial charge in [0.2, 0.25) is 0 Å². The molecule has 2 heterocycles. The highest BCUT2D eigenvalue weighted by Gasteiger charge is 2.24. The molecule has 0 bridgehead atoms. The number of halogens is 3. The second-order valence-corrected chi connectivity index (χ2v) is 5.21. The molecule has 7 heteroatoms. The minimum absolute atomic E-state index is 0.103. The Hall–Kier alpha value is -2.18. The molecule has 0 aliphatic heterocycles. The molecule has 0 aliphatic rings. The number of pyridine rings is 1. The van der Waals surface area contributed by atoms with E-state index in [9.17, 15) is 13.9 Å². The smallest absolute Gasteiger partial charge is 0.155 e. The highest BCUT2D eigenvalue weighted by molar-refractivity contribution is 6.31. The Morgan fingerprint density at radius 1 is 1.36 bits per heavy atom. The average molecular weight is 324 g/mol. The van der Waals surface area contributed by atoms with Gasteiger partial charge in [0.1, 0.15) is 17.6 Å². The third kappa shape index (κ3) is 2.30. The van der Waals surface area contributed by atoms with Crippen molar-refractivity contribution in [3.8, 4) is 0 Å². The van der Waals surface area contributed by atoms with Gasteiger partial charge in [0, 0.05) is 30.4 Å². The van der Waals surface area contributed by atoms with Crippen molar-refractivity contribution in [3.05, 3.63) is 58.4 Å². The van der Waals surface area contributed by atoms with E-state index in [0.717, 1.165) is 6.07 Å². The molecule has 22 heavy (non-hydrogen) atoms. The van der Waals surface area contributed by atoms with Gasteiger partial charge in [-0.2, -0.15) is 0 Å². The van der Waals surface area contributed by atoms with Gasteiger partial charge in [-0.3, -0.25) is 0 Å². The van der Waals surface area contributed by atoms with Crippen LogP contribution in [0.4, 0.5) is 14.5 Å². The standard InChI is InChI=1S/C15H12ClF2N3O/c1-19-11-3-2-10(17)12(13(11)18)14(22)9-6-21-15-8(9)4-7(16)5-20-15/h2-6,14,19,22H,1H3,(H,20,21). The van der Waals surface area contributed by atoms with Crippen LogP contribution in [-0.2, 0) is 0 Å². The van der Waals surface area contributed by atoms with E-state index in [2.05, 4.69) is 15.3 Å². The molecule has 0 aliphatic carbocycles. The van der Waals surface area contributed by atoms with Gasteiger partial charge < -0.3 is 15.4 Å². The van der Waals surface area contributed by atoms with Crippen molar-refractivity contribution in [2.24, 2.45) is 0 Å². The zero-order valence-electron chi connectivity index (χ0n) is 11.5.